The van der Waals surface area contributed by atoms with E-state index in [1.807, 2.05) is 65.6 Å². The summed E-state index contributed by atoms with van der Waals surface area (Å²) in [7, 11) is 0. The van der Waals surface area contributed by atoms with Gasteiger partial charge in [-0.05, 0) is 53.1 Å². The van der Waals surface area contributed by atoms with E-state index in [1.54, 1.807) is 29.6 Å². The van der Waals surface area contributed by atoms with Gasteiger partial charge < -0.3 is 10.2 Å². The van der Waals surface area contributed by atoms with E-state index < -0.39 is 0 Å². The lowest BCUT2D eigenvalue weighted by molar-refractivity contribution is -0.128. The molecule has 182 valence electrons. The molecule has 1 aliphatic heterocycles. The van der Waals surface area contributed by atoms with E-state index in [-0.39, 0.29) is 17.2 Å². The van der Waals surface area contributed by atoms with Crippen molar-refractivity contribution < 1.29 is 9.59 Å². The minimum absolute atomic E-state index is 0.0774. The maximum Gasteiger partial charge on any atom is 0.251 e. The first kappa shape index (κ1) is 26.2. The van der Waals surface area contributed by atoms with Gasteiger partial charge >= 0.3 is 0 Å². The first-order valence-corrected chi connectivity index (χ1v) is 14.3. The van der Waals surface area contributed by atoms with Crippen LogP contribution < -0.4 is 5.32 Å². The zero-order valence-electron chi connectivity index (χ0n) is 18.7. The highest BCUT2D eigenvalue weighted by atomic mass is 35.5. The van der Waals surface area contributed by atoms with E-state index in [0.717, 1.165) is 28.2 Å². The van der Waals surface area contributed by atoms with Crippen molar-refractivity contribution in [3.63, 3.8) is 0 Å². The van der Waals surface area contributed by atoms with Gasteiger partial charge in [-0.15, -0.1) is 11.8 Å². The van der Waals surface area contributed by atoms with Crippen molar-refractivity contribution in [1.29, 1.82) is 0 Å². The Balaban J connectivity index is 1.27. The first-order valence-electron chi connectivity index (χ1n) is 11.0. The number of hydrogen-bond donors (Lipinski definition) is 1. The summed E-state index contributed by atoms with van der Waals surface area (Å²) in [5.74, 6) is 1.96. The molecule has 1 fully saturated rings. The Bertz CT molecular complexity index is 1190. The molecule has 3 aromatic rings. The van der Waals surface area contributed by atoms with Crippen molar-refractivity contribution in [3.05, 3.63) is 104 Å². The van der Waals surface area contributed by atoms with Gasteiger partial charge in [0.25, 0.3) is 5.91 Å². The molecule has 0 spiro atoms. The standard InChI is InChI=1S/C26H23Cl3N2O2S2/c27-21-8-1-17(2-9-21)14-31-24(32)16-35-26(31)19-5-3-18(4-6-19)25(33)30-11-12-34-15-20-7-10-22(28)13-23(20)29/h1-10,13,26H,11-12,14-16H2,(H,30,33)/t26-/m0/s1. The summed E-state index contributed by atoms with van der Waals surface area (Å²) in [4.78, 5) is 26.9. The highest BCUT2D eigenvalue weighted by molar-refractivity contribution is 8.00. The zero-order valence-corrected chi connectivity index (χ0v) is 22.6. The van der Waals surface area contributed by atoms with Crippen LogP contribution in [0.4, 0.5) is 0 Å². The third-order valence-corrected chi connectivity index (χ3v) is 8.60. The number of carbonyl (C=O) groups excluding carboxylic acids is 2. The van der Waals surface area contributed by atoms with Crippen molar-refractivity contribution in [2.45, 2.75) is 17.7 Å². The van der Waals surface area contributed by atoms with E-state index in [0.29, 0.717) is 39.5 Å². The van der Waals surface area contributed by atoms with Gasteiger partial charge in [0.2, 0.25) is 5.91 Å². The molecule has 1 aliphatic rings. The van der Waals surface area contributed by atoms with Crippen LogP contribution in [0, 0.1) is 0 Å². The second-order valence-corrected chi connectivity index (χ2v) is 11.4. The van der Waals surface area contributed by atoms with Gasteiger partial charge in [0.15, 0.2) is 0 Å². The van der Waals surface area contributed by atoms with Crippen LogP contribution in [-0.4, -0.2) is 34.8 Å². The second kappa shape index (κ2) is 12.4. The Hall–Kier alpha value is -1.83. The quantitative estimate of drug-likeness (QED) is 0.282. The van der Waals surface area contributed by atoms with Crippen molar-refractivity contribution in [3.8, 4) is 0 Å². The summed E-state index contributed by atoms with van der Waals surface area (Å²) in [6.45, 7) is 1.08. The maximum atomic E-state index is 12.6. The molecule has 1 saturated heterocycles. The van der Waals surface area contributed by atoms with Crippen LogP contribution in [0.25, 0.3) is 0 Å². The number of hydrogen-bond acceptors (Lipinski definition) is 4. The topological polar surface area (TPSA) is 49.4 Å². The van der Waals surface area contributed by atoms with Crippen LogP contribution in [0.2, 0.25) is 15.1 Å². The molecule has 0 unspecified atom stereocenters. The lowest BCUT2D eigenvalue weighted by Gasteiger charge is -2.24. The largest absolute Gasteiger partial charge is 0.351 e. The van der Waals surface area contributed by atoms with Gasteiger partial charge in [-0.25, -0.2) is 0 Å². The third kappa shape index (κ3) is 7.11. The second-order valence-electron chi connectivity index (χ2n) is 7.98. The Morgan fingerprint density at radius 2 is 1.71 bits per heavy atom. The normalized spacial score (nSPS) is 15.5. The van der Waals surface area contributed by atoms with Crippen molar-refractivity contribution in [2.24, 2.45) is 0 Å². The van der Waals surface area contributed by atoms with Crippen LogP contribution in [-0.2, 0) is 17.1 Å². The maximum absolute atomic E-state index is 12.6. The number of benzene rings is 3. The van der Waals surface area contributed by atoms with E-state index in [4.69, 9.17) is 34.8 Å². The molecule has 4 rings (SSSR count). The summed E-state index contributed by atoms with van der Waals surface area (Å²) in [5.41, 5.74) is 3.65. The molecular weight excluding hydrogens is 543 g/mol. The molecule has 0 radical (unpaired) electrons. The predicted octanol–water partition coefficient (Wildman–Crippen LogP) is 7.08. The number of amides is 2. The number of nitrogens with zero attached hydrogens (tertiary/aromatic N) is 1. The van der Waals surface area contributed by atoms with Gasteiger partial charge in [-0.1, -0.05) is 65.1 Å². The minimum atomic E-state index is -0.116. The Labute approximate surface area is 228 Å². The van der Waals surface area contributed by atoms with Crippen LogP contribution in [0.3, 0.4) is 0 Å². The Kier molecular flexibility index (Phi) is 9.31. The Morgan fingerprint density at radius 3 is 2.43 bits per heavy atom. The smallest absolute Gasteiger partial charge is 0.251 e. The molecule has 35 heavy (non-hydrogen) atoms. The molecule has 2 amide bonds. The fourth-order valence-corrected chi connectivity index (χ4v) is 6.38. The molecule has 1 atom stereocenters. The summed E-state index contributed by atoms with van der Waals surface area (Å²) in [6.07, 6.45) is 0. The van der Waals surface area contributed by atoms with Crippen LogP contribution in [0.1, 0.15) is 32.4 Å². The number of thioether (sulfide) groups is 2. The zero-order chi connectivity index (χ0) is 24.8. The first-order chi connectivity index (χ1) is 16.9. The molecule has 1 N–H and O–H groups in total. The molecule has 0 aromatic heterocycles. The van der Waals surface area contributed by atoms with E-state index in [9.17, 15) is 9.59 Å². The van der Waals surface area contributed by atoms with Gasteiger partial charge in [0, 0.05) is 45.2 Å². The number of carbonyl (C=O) groups is 2. The molecule has 4 nitrogen and oxygen atoms in total. The van der Waals surface area contributed by atoms with E-state index >= 15 is 0 Å². The molecule has 1 heterocycles. The molecule has 0 aliphatic carbocycles. The third-order valence-electron chi connectivity index (χ3n) is 5.50. The van der Waals surface area contributed by atoms with Crippen molar-refractivity contribution in [1.82, 2.24) is 10.2 Å². The lowest BCUT2D eigenvalue weighted by Crippen LogP contribution is -2.28. The van der Waals surface area contributed by atoms with Gasteiger partial charge in [0.1, 0.15) is 5.37 Å². The number of rotatable bonds is 9. The average molecular weight is 566 g/mol. The average Bonchev–Trinajstić information content (AvgIpc) is 3.21. The number of nitrogens with one attached hydrogen (secondary N) is 1. The number of halogens is 3. The van der Waals surface area contributed by atoms with E-state index in [1.165, 1.54) is 0 Å². The molecular formula is C26H23Cl3N2O2S2. The molecule has 9 heteroatoms. The molecule has 3 aromatic carbocycles. The highest BCUT2D eigenvalue weighted by Crippen LogP contribution is 2.39. The van der Waals surface area contributed by atoms with Crippen molar-refractivity contribution >= 4 is 70.1 Å². The fourth-order valence-electron chi connectivity index (χ4n) is 3.65. The van der Waals surface area contributed by atoms with Crippen LogP contribution in [0.15, 0.2) is 66.7 Å². The van der Waals surface area contributed by atoms with Crippen molar-refractivity contribution in [2.75, 3.05) is 18.1 Å². The Morgan fingerprint density at radius 1 is 1.00 bits per heavy atom. The summed E-state index contributed by atoms with van der Waals surface area (Å²) < 4.78 is 0. The summed E-state index contributed by atoms with van der Waals surface area (Å²) in [6, 6.07) is 20.5. The lowest BCUT2D eigenvalue weighted by atomic mass is 10.1. The van der Waals surface area contributed by atoms with Gasteiger partial charge in [0.05, 0.1) is 5.75 Å². The van der Waals surface area contributed by atoms with Gasteiger partial charge in [-0.3, -0.25) is 9.59 Å². The fraction of sp³-hybridized carbons (Fsp3) is 0.231. The van der Waals surface area contributed by atoms with Crippen LogP contribution in [0.5, 0.6) is 0 Å². The summed E-state index contributed by atoms with van der Waals surface area (Å²) in [5, 5.41) is 4.83. The predicted molar refractivity (Wildman–Crippen MR) is 149 cm³/mol. The van der Waals surface area contributed by atoms with Gasteiger partial charge in [-0.2, -0.15) is 11.8 Å². The minimum Gasteiger partial charge on any atom is -0.351 e. The molecule has 0 bridgehead atoms. The monoisotopic (exact) mass is 564 g/mol. The summed E-state index contributed by atoms with van der Waals surface area (Å²) >= 11 is 21.4. The van der Waals surface area contributed by atoms with E-state index in [2.05, 4.69) is 5.32 Å². The van der Waals surface area contributed by atoms with Crippen LogP contribution >= 0.6 is 58.3 Å². The SMILES string of the molecule is O=C(NCCSCc1ccc(Cl)cc1Cl)c1ccc([C@@H]2SCC(=O)N2Cc2ccc(Cl)cc2)cc1. The molecule has 0 saturated carbocycles. The highest BCUT2D eigenvalue weighted by Gasteiger charge is 2.32.